The molecule has 0 aliphatic heterocycles. The van der Waals surface area contributed by atoms with Crippen molar-refractivity contribution >= 4 is 16.9 Å². The molecule has 0 unspecified atom stereocenters. The Hall–Kier alpha value is -3.06. The molecule has 0 aliphatic carbocycles. The first-order valence-electron chi connectivity index (χ1n) is 9.11. The summed E-state index contributed by atoms with van der Waals surface area (Å²) in [4.78, 5) is 17.2. The molecule has 28 heavy (non-hydrogen) atoms. The summed E-state index contributed by atoms with van der Waals surface area (Å²) in [6.07, 6.45) is 0.773. The standard InChI is InChI=1S/C21H25N3O4/c1-26-12-6-11-22-20(25)14-24-17-8-5-4-7-16(17)23-21(24)15-9-10-18(27-2)19(13-15)28-3/h4-5,7-10,13H,6,11-12,14H2,1-3H3,(H,22,25). The number of methoxy groups -OCH3 is 3. The molecular formula is C21H25N3O4. The van der Waals surface area contributed by atoms with Gasteiger partial charge in [-0.25, -0.2) is 4.98 Å². The van der Waals surface area contributed by atoms with Crippen LogP contribution >= 0.6 is 0 Å². The van der Waals surface area contributed by atoms with Crippen LogP contribution in [0.15, 0.2) is 42.5 Å². The van der Waals surface area contributed by atoms with E-state index < -0.39 is 0 Å². The number of fused-ring (bicyclic) bond motifs is 1. The number of aromatic nitrogens is 2. The van der Waals surface area contributed by atoms with Gasteiger partial charge in [-0.1, -0.05) is 12.1 Å². The highest BCUT2D eigenvalue weighted by Gasteiger charge is 2.16. The molecule has 1 heterocycles. The van der Waals surface area contributed by atoms with Crippen LogP contribution in [-0.4, -0.2) is 49.9 Å². The van der Waals surface area contributed by atoms with Gasteiger partial charge < -0.3 is 24.1 Å². The van der Waals surface area contributed by atoms with Crippen molar-refractivity contribution in [1.29, 1.82) is 0 Å². The SMILES string of the molecule is COCCCNC(=O)Cn1c(-c2ccc(OC)c(OC)c2)nc2ccccc21. The largest absolute Gasteiger partial charge is 0.493 e. The van der Waals surface area contributed by atoms with E-state index in [0.717, 1.165) is 23.0 Å². The lowest BCUT2D eigenvalue weighted by Crippen LogP contribution is -2.29. The lowest BCUT2D eigenvalue weighted by molar-refractivity contribution is -0.121. The van der Waals surface area contributed by atoms with Crippen molar-refractivity contribution < 1.29 is 19.0 Å². The normalized spacial score (nSPS) is 10.8. The monoisotopic (exact) mass is 383 g/mol. The first-order valence-corrected chi connectivity index (χ1v) is 9.11. The Morgan fingerprint density at radius 1 is 1.07 bits per heavy atom. The number of benzene rings is 2. The molecule has 0 aliphatic rings. The lowest BCUT2D eigenvalue weighted by Gasteiger charge is -2.12. The summed E-state index contributed by atoms with van der Waals surface area (Å²) in [7, 11) is 4.84. The smallest absolute Gasteiger partial charge is 0.240 e. The molecule has 0 spiro atoms. The molecular weight excluding hydrogens is 358 g/mol. The highest BCUT2D eigenvalue weighted by atomic mass is 16.5. The summed E-state index contributed by atoms with van der Waals surface area (Å²) >= 11 is 0. The van der Waals surface area contributed by atoms with E-state index in [1.807, 2.05) is 47.0 Å². The number of hydrogen-bond donors (Lipinski definition) is 1. The second-order valence-electron chi connectivity index (χ2n) is 6.28. The van der Waals surface area contributed by atoms with Crippen molar-refractivity contribution in [3.8, 4) is 22.9 Å². The minimum Gasteiger partial charge on any atom is -0.493 e. The Labute approximate surface area is 164 Å². The first kappa shape index (κ1) is 19.7. The summed E-state index contributed by atoms with van der Waals surface area (Å²) in [6.45, 7) is 1.37. The van der Waals surface area contributed by atoms with Crippen molar-refractivity contribution in [3.63, 3.8) is 0 Å². The van der Waals surface area contributed by atoms with Crippen LogP contribution in [0.1, 0.15) is 6.42 Å². The average Bonchev–Trinajstić information content (AvgIpc) is 3.09. The number of ether oxygens (including phenoxy) is 3. The van der Waals surface area contributed by atoms with Gasteiger partial charge in [0.25, 0.3) is 0 Å². The van der Waals surface area contributed by atoms with E-state index >= 15 is 0 Å². The summed E-state index contributed by atoms with van der Waals surface area (Å²) in [5.41, 5.74) is 2.58. The van der Waals surface area contributed by atoms with Gasteiger partial charge in [0.1, 0.15) is 12.4 Å². The van der Waals surface area contributed by atoms with Crippen molar-refractivity contribution in [3.05, 3.63) is 42.5 Å². The topological polar surface area (TPSA) is 74.6 Å². The number of nitrogens with one attached hydrogen (secondary N) is 1. The van der Waals surface area contributed by atoms with Gasteiger partial charge in [0.05, 0.1) is 25.3 Å². The van der Waals surface area contributed by atoms with Crippen molar-refractivity contribution in [2.75, 3.05) is 34.5 Å². The Bertz CT molecular complexity index is 952. The van der Waals surface area contributed by atoms with E-state index in [2.05, 4.69) is 5.32 Å². The van der Waals surface area contributed by atoms with Gasteiger partial charge in [-0.05, 0) is 36.8 Å². The third-order valence-corrected chi connectivity index (χ3v) is 4.45. The fourth-order valence-corrected chi connectivity index (χ4v) is 3.08. The molecule has 0 saturated carbocycles. The van der Waals surface area contributed by atoms with Gasteiger partial charge >= 0.3 is 0 Å². The molecule has 0 fully saturated rings. The van der Waals surface area contributed by atoms with Gasteiger partial charge in [0.15, 0.2) is 11.5 Å². The van der Waals surface area contributed by atoms with Crippen LogP contribution in [0.5, 0.6) is 11.5 Å². The van der Waals surface area contributed by atoms with Crippen molar-refractivity contribution in [2.45, 2.75) is 13.0 Å². The number of nitrogens with zero attached hydrogens (tertiary/aromatic N) is 2. The lowest BCUT2D eigenvalue weighted by atomic mass is 10.2. The van der Waals surface area contributed by atoms with E-state index in [0.29, 0.717) is 30.5 Å². The number of carbonyl (C=O) groups excluding carboxylic acids is 1. The van der Waals surface area contributed by atoms with Crippen LogP contribution in [0.2, 0.25) is 0 Å². The number of para-hydroxylation sites is 2. The molecule has 0 atom stereocenters. The third kappa shape index (κ3) is 4.26. The predicted octanol–water partition coefficient (Wildman–Crippen LogP) is 2.87. The molecule has 7 heteroatoms. The van der Waals surface area contributed by atoms with Crippen molar-refractivity contribution in [1.82, 2.24) is 14.9 Å². The second kappa shape index (κ2) is 9.23. The molecule has 3 rings (SSSR count). The minimum atomic E-state index is -0.0685. The molecule has 0 radical (unpaired) electrons. The molecule has 148 valence electrons. The maximum Gasteiger partial charge on any atom is 0.240 e. The van der Waals surface area contributed by atoms with Gasteiger partial charge in [-0.15, -0.1) is 0 Å². The van der Waals surface area contributed by atoms with Crippen LogP contribution in [0.25, 0.3) is 22.4 Å². The van der Waals surface area contributed by atoms with Crippen LogP contribution in [0, 0.1) is 0 Å². The fraction of sp³-hybridized carbons (Fsp3) is 0.333. The quantitative estimate of drug-likeness (QED) is 0.575. The number of imidazole rings is 1. The van der Waals surface area contributed by atoms with E-state index in [1.165, 1.54) is 0 Å². The van der Waals surface area contributed by atoms with Crippen LogP contribution < -0.4 is 14.8 Å². The summed E-state index contributed by atoms with van der Waals surface area (Å²) in [5, 5.41) is 2.93. The number of rotatable bonds is 9. The van der Waals surface area contributed by atoms with Crippen molar-refractivity contribution in [2.24, 2.45) is 0 Å². The average molecular weight is 383 g/mol. The van der Waals surface area contributed by atoms with E-state index in [1.54, 1.807) is 21.3 Å². The van der Waals surface area contributed by atoms with E-state index in [4.69, 9.17) is 19.2 Å². The van der Waals surface area contributed by atoms with Gasteiger partial charge in [-0.3, -0.25) is 4.79 Å². The molecule has 2 aromatic carbocycles. The molecule has 1 N–H and O–H groups in total. The van der Waals surface area contributed by atoms with Gasteiger partial charge in [-0.2, -0.15) is 0 Å². The molecule has 7 nitrogen and oxygen atoms in total. The Balaban J connectivity index is 1.94. The van der Waals surface area contributed by atoms with E-state index in [-0.39, 0.29) is 12.5 Å². The van der Waals surface area contributed by atoms with E-state index in [9.17, 15) is 4.79 Å². The molecule has 3 aromatic rings. The zero-order valence-corrected chi connectivity index (χ0v) is 16.4. The minimum absolute atomic E-state index is 0.0685. The number of carbonyl (C=O) groups is 1. The summed E-state index contributed by atoms with van der Waals surface area (Å²) in [6, 6.07) is 13.4. The molecule has 1 aromatic heterocycles. The molecule has 1 amide bonds. The maximum absolute atomic E-state index is 12.5. The predicted molar refractivity (Wildman–Crippen MR) is 108 cm³/mol. The Kier molecular flexibility index (Phi) is 6.49. The number of hydrogen-bond acceptors (Lipinski definition) is 5. The van der Waals surface area contributed by atoms with Gasteiger partial charge in [0.2, 0.25) is 5.91 Å². The summed E-state index contributed by atoms with van der Waals surface area (Å²) in [5.74, 6) is 1.89. The highest BCUT2D eigenvalue weighted by Crippen LogP contribution is 2.33. The van der Waals surface area contributed by atoms with Crippen LogP contribution in [0.3, 0.4) is 0 Å². The zero-order chi connectivity index (χ0) is 19.9. The van der Waals surface area contributed by atoms with Crippen LogP contribution in [-0.2, 0) is 16.1 Å². The number of amides is 1. The van der Waals surface area contributed by atoms with Crippen LogP contribution in [0.4, 0.5) is 0 Å². The Morgan fingerprint density at radius 3 is 2.61 bits per heavy atom. The fourth-order valence-electron chi connectivity index (χ4n) is 3.08. The van der Waals surface area contributed by atoms with Gasteiger partial charge in [0, 0.05) is 25.8 Å². The first-order chi connectivity index (χ1) is 13.7. The second-order valence-corrected chi connectivity index (χ2v) is 6.28. The third-order valence-electron chi connectivity index (χ3n) is 4.45. The molecule has 0 bridgehead atoms. The highest BCUT2D eigenvalue weighted by molar-refractivity contribution is 5.84. The maximum atomic E-state index is 12.5. The molecule has 0 saturated heterocycles. The Morgan fingerprint density at radius 2 is 1.86 bits per heavy atom. The summed E-state index contributed by atoms with van der Waals surface area (Å²) < 4.78 is 17.7. The zero-order valence-electron chi connectivity index (χ0n) is 16.4.